The molecule has 0 fully saturated rings. The van der Waals surface area contributed by atoms with Crippen molar-refractivity contribution in [3.8, 4) is 0 Å². The molecular weight excluding hydrogens is 206 g/mol. The molecule has 1 nitrogen and oxygen atoms in total. The molecule has 15 heavy (non-hydrogen) atoms. The molecule has 1 rings (SSSR count). The topological polar surface area (TPSA) is 12.4 Å². The lowest BCUT2D eigenvalue weighted by molar-refractivity contribution is 1.49. The Hall–Kier alpha value is -1.34. The van der Waals surface area contributed by atoms with Crippen LogP contribution in [-0.4, -0.2) is 5.71 Å². The monoisotopic (exact) mass is 219 g/mol. The van der Waals surface area contributed by atoms with Crippen molar-refractivity contribution < 1.29 is 0 Å². The van der Waals surface area contributed by atoms with Gasteiger partial charge in [-0.1, -0.05) is 36.4 Å². The van der Waals surface area contributed by atoms with Crippen molar-refractivity contribution in [3.63, 3.8) is 0 Å². The molecule has 0 aliphatic rings. The fraction of sp³-hybridized carbons (Fsp3) is 0.154. The maximum absolute atomic E-state index is 5.81. The van der Waals surface area contributed by atoms with Crippen LogP contribution in [0, 0.1) is 0 Å². The van der Waals surface area contributed by atoms with Gasteiger partial charge in [0.05, 0.1) is 0 Å². The SMILES string of the molecule is C=C/C(=C\N=C(C)C)c1ccc(Cl)cc1. The van der Waals surface area contributed by atoms with Crippen molar-refractivity contribution in [3.05, 3.63) is 53.7 Å². The van der Waals surface area contributed by atoms with Crippen LogP contribution in [-0.2, 0) is 0 Å². The molecule has 0 bridgehead atoms. The van der Waals surface area contributed by atoms with Crippen LogP contribution >= 0.6 is 11.6 Å². The summed E-state index contributed by atoms with van der Waals surface area (Å²) in [6, 6.07) is 7.63. The number of benzene rings is 1. The fourth-order valence-electron chi connectivity index (χ4n) is 1.09. The zero-order chi connectivity index (χ0) is 11.3. The Morgan fingerprint density at radius 3 is 2.33 bits per heavy atom. The average molecular weight is 220 g/mol. The molecule has 0 N–H and O–H groups in total. The highest BCUT2D eigenvalue weighted by atomic mass is 35.5. The second kappa shape index (κ2) is 5.52. The van der Waals surface area contributed by atoms with Gasteiger partial charge in [0, 0.05) is 16.9 Å². The summed E-state index contributed by atoms with van der Waals surface area (Å²) >= 11 is 5.81. The smallest absolute Gasteiger partial charge is 0.0406 e. The van der Waals surface area contributed by atoms with Crippen LogP contribution in [0.25, 0.3) is 5.57 Å². The number of aliphatic imine (C=N–C) groups is 1. The second-order valence-corrected chi connectivity index (χ2v) is 3.81. The standard InChI is InChI=1S/C13H14ClN/c1-4-11(9-15-10(2)3)12-5-7-13(14)8-6-12/h4-9H,1H2,2-3H3/b11-9+. The van der Waals surface area contributed by atoms with Crippen LogP contribution in [0.4, 0.5) is 0 Å². The lowest BCUT2D eigenvalue weighted by atomic mass is 10.1. The fourth-order valence-corrected chi connectivity index (χ4v) is 1.21. The van der Waals surface area contributed by atoms with Crippen molar-refractivity contribution in [2.45, 2.75) is 13.8 Å². The third-order valence-electron chi connectivity index (χ3n) is 1.86. The predicted octanol–water partition coefficient (Wildman–Crippen LogP) is 4.35. The van der Waals surface area contributed by atoms with Crippen molar-refractivity contribution in [1.82, 2.24) is 0 Å². The quantitative estimate of drug-likeness (QED) is 0.530. The van der Waals surface area contributed by atoms with Crippen LogP contribution < -0.4 is 0 Å². The van der Waals surface area contributed by atoms with Gasteiger partial charge >= 0.3 is 0 Å². The number of hydrogen-bond acceptors (Lipinski definition) is 1. The van der Waals surface area contributed by atoms with E-state index in [4.69, 9.17) is 11.6 Å². The summed E-state index contributed by atoms with van der Waals surface area (Å²) in [4.78, 5) is 4.24. The van der Waals surface area contributed by atoms with Crippen molar-refractivity contribution >= 4 is 22.9 Å². The van der Waals surface area contributed by atoms with Gasteiger partial charge in [-0.3, -0.25) is 4.99 Å². The van der Waals surface area contributed by atoms with E-state index in [0.29, 0.717) is 0 Å². The highest BCUT2D eigenvalue weighted by molar-refractivity contribution is 6.30. The zero-order valence-electron chi connectivity index (χ0n) is 9.00. The minimum Gasteiger partial charge on any atom is -0.266 e. The molecule has 0 saturated carbocycles. The molecule has 1 aromatic rings. The van der Waals surface area contributed by atoms with Gasteiger partial charge in [-0.25, -0.2) is 0 Å². The lowest BCUT2D eigenvalue weighted by Gasteiger charge is -2.00. The summed E-state index contributed by atoms with van der Waals surface area (Å²) < 4.78 is 0. The largest absolute Gasteiger partial charge is 0.266 e. The molecule has 1 aromatic carbocycles. The van der Waals surface area contributed by atoms with E-state index in [1.807, 2.05) is 44.3 Å². The van der Waals surface area contributed by atoms with Crippen molar-refractivity contribution in [1.29, 1.82) is 0 Å². The average Bonchev–Trinajstić information content (AvgIpc) is 2.21. The molecule has 0 unspecified atom stereocenters. The van der Waals surface area contributed by atoms with Gasteiger partial charge in [0.2, 0.25) is 0 Å². The molecule has 0 saturated heterocycles. The molecule has 2 heteroatoms. The molecule has 0 aliphatic heterocycles. The normalized spacial score (nSPS) is 11.0. The number of rotatable bonds is 3. The molecular formula is C13H14ClN. The molecule has 0 heterocycles. The van der Waals surface area contributed by atoms with E-state index in [0.717, 1.165) is 21.9 Å². The number of halogens is 1. The summed E-state index contributed by atoms with van der Waals surface area (Å²) in [5.74, 6) is 0. The summed E-state index contributed by atoms with van der Waals surface area (Å²) in [6.07, 6.45) is 3.60. The van der Waals surface area contributed by atoms with E-state index in [2.05, 4.69) is 11.6 Å². The summed E-state index contributed by atoms with van der Waals surface area (Å²) in [5.41, 5.74) is 3.08. The van der Waals surface area contributed by atoms with Crippen LogP contribution in [0.1, 0.15) is 19.4 Å². The van der Waals surface area contributed by atoms with Crippen LogP contribution in [0.2, 0.25) is 5.02 Å². The molecule has 0 radical (unpaired) electrons. The Balaban J connectivity index is 3.02. The molecule has 0 spiro atoms. The summed E-state index contributed by atoms with van der Waals surface area (Å²) in [6.45, 7) is 7.68. The van der Waals surface area contributed by atoms with Gasteiger partial charge in [-0.05, 0) is 37.1 Å². The second-order valence-electron chi connectivity index (χ2n) is 3.37. The third-order valence-corrected chi connectivity index (χ3v) is 2.11. The molecule has 0 amide bonds. The highest BCUT2D eigenvalue weighted by Gasteiger charge is 1.96. The molecule has 0 aliphatic carbocycles. The van der Waals surface area contributed by atoms with E-state index >= 15 is 0 Å². The third kappa shape index (κ3) is 3.72. The first-order valence-corrected chi connectivity index (χ1v) is 5.11. The maximum Gasteiger partial charge on any atom is 0.0406 e. The van der Waals surface area contributed by atoms with E-state index < -0.39 is 0 Å². The minimum atomic E-state index is 0.734. The number of hydrogen-bond donors (Lipinski definition) is 0. The van der Waals surface area contributed by atoms with Crippen molar-refractivity contribution in [2.75, 3.05) is 0 Å². The molecule has 0 atom stereocenters. The Kier molecular flexibility index (Phi) is 4.32. The van der Waals surface area contributed by atoms with Gasteiger partial charge in [-0.2, -0.15) is 0 Å². The lowest BCUT2D eigenvalue weighted by Crippen LogP contribution is -1.81. The summed E-state index contributed by atoms with van der Waals surface area (Å²) in [7, 11) is 0. The Morgan fingerprint density at radius 2 is 1.87 bits per heavy atom. The van der Waals surface area contributed by atoms with Gasteiger partial charge < -0.3 is 0 Å². The van der Waals surface area contributed by atoms with E-state index in [-0.39, 0.29) is 0 Å². The van der Waals surface area contributed by atoms with Gasteiger partial charge in [0.25, 0.3) is 0 Å². The minimum absolute atomic E-state index is 0.734. The molecule has 0 aromatic heterocycles. The predicted molar refractivity (Wildman–Crippen MR) is 68.4 cm³/mol. The van der Waals surface area contributed by atoms with Crippen LogP contribution in [0.5, 0.6) is 0 Å². The first-order valence-electron chi connectivity index (χ1n) is 4.73. The van der Waals surface area contributed by atoms with Gasteiger partial charge in [0.15, 0.2) is 0 Å². The number of allylic oxidation sites excluding steroid dienone is 2. The van der Waals surface area contributed by atoms with Crippen LogP contribution in [0.3, 0.4) is 0 Å². The van der Waals surface area contributed by atoms with Gasteiger partial charge in [-0.15, -0.1) is 0 Å². The van der Waals surface area contributed by atoms with Gasteiger partial charge in [0.1, 0.15) is 0 Å². The summed E-state index contributed by atoms with van der Waals surface area (Å²) in [5, 5.41) is 0.734. The Bertz CT molecular complexity index is 395. The Morgan fingerprint density at radius 1 is 1.27 bits per heavy atom. The zero-order valence-corrected chi connectivity index (χ0v) is 9.75. The Labute approximate surface area is 95.8 Å². The first kappa shape index (κ1) is 11.7. The van der Waals surface area contributed by atoms with E-state index in [9.17, 15) is 0 Å². The van der Waals surface area contributed by atoms with E-state index in [1.54, 1.807) is 6.08 Å². The molecule has 78 valence electrons. The highest BCUT2D eigenvalue weighted by Crippen LogP contribution is 2.18. The first-order chi connectivity index (χ1) is 7.13. The van der Waals surface area contributed by atoms with Crippen LogP contribution in [0.15, 0.2) is 48.1 Å². The maximum atomic E-state index is 5.81. The number of nitrogens with zero attached hydrogens (tertiary/aromatic N) is 1. The van der Waals surface area contributed by atoms with E-state index in [1.165, 1.54) is 0 Å². The van der Waals surface area contributed by atoms with Crippen molar-refractivity contribution in [2.24, 2.45) is 4.99 Å².